The Morgan fingerprint density at radius 2 is 2.16 bits per heavy atom. The zero-order valence-corrected chi connectivity index (χ0v) is 13.2. The van der Waals surface area contributed by atoms with Crippen molar-refractivity contribution in [1.29, 1.82) is 0 Å². The number of ether oxygens (including phenoxy) is 1. The molecule has 25 heavy (non-hydrogen) atoms. The third-order valence-electron chi connectivity index (χ3n) is 3.28. The van der Waals surface area contributed by atoms with Crippen LogP contribution in [0.3, 0.4) is 0 Å². The van der Waals surface area contributed by atoms with Crippen LogP contribution in [0.4, 0.5) is 13.2 Å². The zero-order chi connectivity index (χ0) is 17.9. The molecule has 7 nitrogen and oxygen atoms in total. The van der Waals surface area contributed by atoms with Crippen molar-refractivity contribution in [2.45, 2.75) is 19.0 Å². The molecule has 0 bridgehead atoms. The van der Waals surface area contributed by atoms with Crippen LogP contribution >= 0.6 is 0 Å². The summed E-state index contributed by atoms with van der Waals surface area (Å²) in [6.07, 6.45) is 1.99. The van der Waals surface area contributed by atoms with E-state index in [0.717, 1.165) is 18.4 Å². The molecule has 132 valence electrons. The van der Waals surface area contributed by atoms with Crippen LogP contribution < -0.4 is 4.74 Å². The minimum absolute atomic E-state index is 0.171. The number of hydrogen-bond acceptors (Lipinski definition) is 6. The van der Waals surface area contributed by atoms with Crippen molar-refractivity contribution in [1.82, 2.24) is 24.9 Å². The maximum absolute atomic E-state index is 12.5. The lowest BCUT2D eigenvalue weighted by Crippen LogP contribution is -2.04. The van der Waals surface area contributed by atoms with Gasteiger partial charge >= 0.3 is 12.1 Å². The summed E-state index contributed by atoms with van der Waals surface area (Å²) in [6.45, 7) is 0.408. The van der Waals surface area contributed by atoms with Gasteiger partial charge in [0, 0.05) is 31.1 Å². The van der Waals surface area contributed by atoms with Gasteiger partial charge in [-0.15, -0.1) is 0 Å². The fourth-order valence-corrected chi connectivity index (χ4v) is 2.14. The molecule has 0 saturated carbocycles. The van der Waals surface area contributed by atoms with Gasteiger partial charge < -0.3 is 9.26 Å². The minimum atomic E-state index is -4.68. The van der Waals surface area contributed by atoms with Gasteiger partial charge in [-0.2, -0.15) is 23.3 Å². The van der Waals surface area contributed by atoms with E-state index < -0.39 is 12.1 Å². The first kappa shape index (κ1) is 16.9. The first-order chi connectivity index (χ1) is 11.9. The maximum atomic E-state index is 12.5. The Bertz CT molecular complexity index is 844. The van der Waals surface area contributed by atoms with Gasteiger partial charge in [-0.3, -0.25) is 4.68 Å². The normalized spacial score (nSPS) is 11.7. The number of nitrogens with zero attached hydrogens (tertiary/aromatic N) is 5. The smallest absolute Gasteiger partial charge is 0.471 e. The van der Waals surface area contributed by atoms with Gasteiger partial charge in [0.15, 0.2) is 0 Å². The largest absolute Gasteiger partial charge is 0.478 e. The number of halogens is 3. The molecule has 3 heterocycles. The van der Waals surface area contributed by atoms with E-state index in [2.05, 4.69) is 24.7 Å². The SMILES string of the molecule is Cn1cc(CCCOc2cc(-c3noc(C(F)(F)F)n3)ccn2)cn1. The highest BCUT2D eigenvalue weighted by molar-refractivity contribution is 5.55. The van der Waals surface area contributed by atoms with Gasteiger partial charge in [0.2, 0.25) is 11.7 Å². The van der Waals surface area contributed by atoms with E-state index in [9.17, 15) is 13.2 Å². The molecule has 10 heteroatoms. The van der Waals surface area contributed by atoms with E-state index in [0.29, 0.717) is 12.2 Å². The molecule has 0 atom stereocenters. The van der Waals surface area contributed by atoms with E-state index >= 15 is 0 Å². The van der Waals surface area contributed by atoms with Crippen molar-refractivity contribution in [3.05, 3.63) is 42.2 Å². The summed E-state index contributed by atoms with van der Waals surface area (Å²) in [7, 11) is 1.84. The van der Waals surface area contributed by atoms with Gasteiger partial charge in [-0.1, -0.05) is 5.16 Å². The number of rotatable bonds is 6. The van der Waals surface area contributed by atoms with Crippen molar-refractivity contribution in [3.63, 3.8) is 0 Å². The van der Waals surface area contributed by atoms with Crippen molar-refractivity contribution in [2.24, 2.45) is 7.05 Å². The van der Waals surface area contributed by atoms with Gasteiger partial charge in [-0.25, -0.2) is 4.98 Å². The highest BCUT2D eigenvalue weighted by Gasteiger charge is 2.38. The molecular weight excluding hydrogens is 339 g/mol. The standard InChI is InChI=1S/C15H14F3N5O2/c1-23-9-10(8-20-23)3-2-6-24-12-7-11(4-5-19-12)13-21-14(25-22-13)15(16,17)18/h4-5,7-9H,2-3,6H2,1H3. The number of hydrogen-bond donors (Lipinski definition) is 0. The summed E-state index contributed by atoms with van der Waals surface area (Å²) in [4.78, 5) is 7.36. The Morgan fingerprint density at radius 3 is 2.84 bits per heavy atom. The molecule has 0 radical (unpaired) electrons. The second-order valence-electron chi connectivity index (χ2n) is 5.28. The first-order valence-corrected chi connectivity index (χ1v) is 7.39. The van der Waals surface area contributed by atoms with Crippen LogP contribution in [0, 0.1) is 0 Å². The molecule has 3 aromatic heterocycles. The van der Waals surface area contributed by atoms with E-state index in [4.69, 9.17) is 4.74 Å². The van der Waals surface area contributed by atoms with Gasteiger partial charge in [0.05, 0.1) is 12.8 Å². The number of pyridine rings is 1. The molecule has 3 rings (SSSR count). The van der Waals surface area contributed by atoms with E-state index in [-0.39, 0.29) is 11.7 Å². The summed E-state index contributed by atoms with van der Waals surface area (Å²) >= 11 is 0. The monoisotopic (exact) mass is 353 g/mol. The predicted octanol–water partition coefficient (Wildman–Crippen LogP) is 2.90. The van der Waals surface area contributed by atoms with E-state index in [1.54, 1.807) is 10.9 Å². The van der Waals surface area contributed by atoms with Crippen molar-refractivity contribution < 1.29 is 22.4 Å². The molecule has 3 aromatic rings. The molecule has 0 aromatic carbocycles. The molecule has 0 aliphatic heterocycles. The van der Waals surface area contributed by atoms with Crippen molar-refractivity contribution in [2.75, 3.05) is 6.61 Å². The highest BCUT2D eigenvalue weighted by atomic mass is 19.4. The summed E-state index contributed by atoms with van der Waals surface area (Å²) in [5, 5.41) is 7.41. The minimum Gasteiger partial charge on any atom is -0.478 e. The Hall–Kier alpha value is -2.91. The highest BCUT2D eigenvalue weighted by Crippen LogP contribution is 2.29. The number of alkyl halides is 3. The molecule has 0 aliphatic rings. The van der Waals surface area contributed by atoms with Crippen LogP contribution in [-0.2, 0) is 19.6 Å². The molecule has 0 amide bonds. The van der Waals surface area contributed by atoms with E-state index in [1.165, 1.54) is 18.3 Å². The Kier molecular flexibility index (Phi) is 4.68. The van der Waals surface area contributed by atoms with Crippen LogP contribution in [0.2, 0.25) is 0 Å². The fraction of sp³-hybridized carbons (Fsp3) is 0.333. The molecule has 0 saturated heterocycles. The summed E-state index contributed by atoms with van der Waals surface area (Å²) < 4.78 is 49.0. The molecule has 0 unspecified atom stereocenters. The second kappa shape index (κ2) is 6.91. The molecule has 0 spiro atoms. The lowest BCUT2D eigenvalue weighted by Gasteiger charge is -2.05. The van der Waals surface area contributed by atoms with Gasteiger partial charge in [0.25, 0.3) is 0 Å². The average molecular weight is 353 g/mol. The summed E-state index contributed by atoms with van der Waals surface area (Å²) in [5.74, 6) is -1.28. The van der Waals surface area contributed by atoms with Crippen LogP contribution in [0.1, 0.15) is 17.9 Å². The maximum Gasteiger partial charge on any atom is 0.471 e. The number of aryl methyl sites for hydroxylation is 2. The quantitative estimate of drug-likeness (QED) is 0.634. The predicted molar refractivity (Wildman–Crippen MR) is 79.6 cm³/mol. The zero-order valence-electron chi connectivity index (χ0n) is 13.2. The van der Waals surface area contributed by atoms with Gasteiger partial charge in [0.1, 0.15) is 0 Å². The Labute approximate surface area is 140 Å². The topological polar surface area (TPSA) is 78.9 Å². The first-order valence-electron chi connectivity index (χ1n) is 7.39. The van der Waals surface area contributed by atoms with Crippen LogP contribution in [0.5, 0.6) is 5.88 Å². The van der Waals surface area contributed by atoms with Crippen LogP contribution in [-0.4, -0.2) is 31.5 Å². The van der Waals surface area contributed by atoms with Crippen LogP contribution in [0.15, 0.2) is 35.2 Å². The van der Waals surface area contributed by atoms with Crippen LogP contribution in [0.25, 0.3) is 11.4 Å². The van der Waals surface area contributed by atoms with Crippen molar-refractivity contribution >= 4 is 0 Å². The van der Waals surface area contributed by atoms with Crippen molar-refractivity contribution in [3.8, 4) is 17.3 Å². The number of aromatic nitrogens is 5. The molecular formula is C15H14F3N5O2. The lowest BCUT2D eigenvalue weighted by atomic mass is 10.2. The summed E-state index contributed by atoms with van der Waals surface area (Å²) in [5.41, 5.74) is 1.43. The molecule has 0 N–H and O–H groups in total. The van der Waals surface area contributed by atoms with E-state index in [1.807, 2.05) is 13.2 Å². The third-order valence-corrected chi connectivity index (χ3v) is 3.28. The lowest BCUT2D eigenvalue weighted by molar-refractivity contribution is -0.159. The Balaban J connectivity index is 1.58. The Morgan fingerprint density at radius 1 is 1.32 bits per heavy atom. The van der Waals surface area contributed by atoms with Gasteiger partial charge in [-0.05, 0) is 24.5 Å². The third kappa shape index (κ3) is 4.34. The second-order valence-corrected chi connectivity index (χ2v) is 5.28. The average Bonchev–Trinajstić information content (AvgIpc) is 3.21. The molecule has 0 fully saturated rings. The summed E-state index contributed by atoms with van der Waals surface area (Å²) in [6, 6.07) is 2.95. The fourth-order valence-electron chi connectivity index (χ4n) is 2.14. The molecule has 0 aliphatic carbocycles.